The fourth-order valence-corrected chi connectivity index (χ4v) is 3.47. The zero-order valence-corrected chi connectivity index (χ0v) is 16.3. The number of amides is 4. The molecule has 0 aromatic heterocycles. The molecular weight excluding hydrogens is 398 g/mol. The van der Waals surface area contributed by atoms with E-state index < -0.39 is 29.9 Å². The number of urea groups is 1. The van der Waals surface area contributed by atoms with Crippen LogP contribution in [0.3, 0.4) is 0 Å². The summed E-state index contributed by atoms with van der Waals surface area (Å²) in [6, 6.07) is 11.1. The van der Waals surface area contributed by atoms with Crippen molar-refractivity contribution in [2.75, 3.05) is 25.1 Å². The third-order valence-corrected chi connectivity index (χ3v) is 5.17. The van der Waals surface area contributed by atoms with Crippen LogP contribution in [0, 0.1) is 0 Å². The maximum Gasteiger partial charge on any atom is 0.325 e. The number of anilines is 1. The molecule has 29 heavy (non-hydrogen) atoms. The standard InChI is InChI=1S/C20H18ClN3O5/c1-20(12-6-7-15-16(10-12)29-9-8-28-15)18(26)24(19(27)23-20)11-17(25)22-14-5-3-2-4-13(14)21/h2-7,10H,8-9,11H2,1H3,(H,22,25)(H,23,27). The lowest BCUT2D eigenvalue weighted by atomic mass is 9.91. The molecule has 150 valence electrons. The van der Waals surface area contributed by atoms with E-state index in [2.05, 4.69) is 10.6 Å². The van der Waals surface area contributed by atoms with Crippen LogP contribution in [0.5, 0.6) is 11.5 Å². The van der Waals surface area contributed by atoms with Gasteiger partial charge in [0.05, 0.1) is 10.7 Å². The molecule has 8 nitrogen and oxygen atoms in total. The van der Waals surface area contributed by atoms with Crippen LogP contribution in [0.15, 0.2) is 42.5 Å². The maximum atomic E-state index is 13.0. The summed E-state index contributed by atoms with van der Waals surface area (Å²) in [6.07, 6.45) is 0. The monoisotopic (exact) mass is 415 g/mol. The molecule has 0 radical (unpaired) electrons. The van der Waals surface area contributed by atoms with E-state index in [1.165, 1.54) is 0 Å². The van der Waals surface area contributed by atoms with Crippen molar-refractivity contribution in [2.45, 2.75) is 12.5 Å². The quantitative estimate of drug-likeness (QED) is 0.748. The first-order valence-electron chi connectivity index (χ1n) is 8.97. The highest BCUT2D eigenvalue weighted by Crippen LogP contribution is 2.36. The Hall–Kier alpha value is -3.26. The molecule has 1 atom stereocenters. The van der Waals surface area contributed by atoms with Gasteiger partial charge in [-0.3, -0.25) is 14.5 Å². The van der Waals surface area contributed by atoms with E-state index in [-0.39, 0.29) is 0 Å². The van der Waals surface area contributed by atoms with Gasteiger partial charge in [-0.15, -0.1) is 0 Å². The number of para-hydroxylation sites is 1. The Kier molecular flexibility index (Phi) is 4.79. The van der Waals surface area contributed by atoms with Crippen molar-refractivity contribution in [2.24, 2.45) is 0 Å². The first kappa shape index (κ1) is 19.1. The second kappa shape index (κ2) is 7.29. The molecule has 1 saturated heterocycles. The molecule has 4 rings (SSSR count). The number of fused-ring (bicyclic) bond motifs is 1. The van der Waals surface area contributed by atoms with Crippen molar-refractivity contribution in [1.82, 2.24) is 10.2 Å². The van der Waals surface area contributed by atoms with Gasteiger partial charge < -0.3 is 20.1 Å². The number of carbonyl (C=O) groups is 3. The average molecular weight is 416 g/mol. The fourth-order valence-electron chi connectivity index (χ4n) is 3.29. The number of nitrogens with zero attached hydrogens (tertiary/aromatic N) is 1. The predicted molar refractivity (Wildman–Crippen MR) is 105 cm³/mol. The predicted octanol–water partition coefficient (Wildman–Crippen LogP) is 2.52. The van der Waals surface area contributed by atoms with Gasteiger partial charge in [0.1, 0.15) is 25.3 Å². The van der Waals surface area contributed by atoms with Crippen LogP contribution >= 0.6 is 11.6 Å². The smallest absolute Gasteiger partial charge is 0.325 e. The lowest BCUT2D eigenvalue weighted by molar-refractivity contribution is -0.133. The lowest BCUT2D eigenvalue weighted by Crippen LogP contribution is -2.42. The summed E-state index contributed by atoms with van der Waals surface area (Å²) >= 11 is 6.03. The highest BCUT2D eigenvalue weighted by molar-refractivity contribution is 6.33. The van der Waals surface area contributed by atoms with Crippen molar-refractivity contribution in [3.8, 4) is 11.5 Å². The summed E-state index contributed by atoms with van der Waals surface area (Å²) in [6.45, 7) is 2.01. The Morgan fingerprint density at radius 2 is 1.90 bits per heavy atom. The summed E-state index contributed by atoms with van der Waals surface area (Å²) in [5, 5.41) is 5.63. The number of rotatable bonds is 4. The van der Waals surface area contributed by atoms with Gasteiger partial charge in [0.2, 0.25) is 5.91 Å². The molecule has 2 heterocycles. The highest BCUT2D eigenvalue weighted by atomic mass is 35.5. The van der Waals surface area contributed by atoms with Gasteiger partial charge in [-0.2, -0.15) is 0 Å². The summed E-state index contributed by atoms with van der Waals surface area (Å²) in [4.78, 5) is 38.7. The number of ether oxygens (including phenoxy) is 2. The summed E-state index contributed by atoms with van der Waals surface area (Å²) in [7, 11) is 0. The van der Waals surface area contributed by atoms with Gasteiger partial charge in [-0.25, -0.2) is 4.79 Å². The number of benzene rings is 2. The first-order valence-corrected chi connectivity index (χ1v) is 9.35. The van der Waals surface area contributed by atoms with Crippen LogP contribution < -0.4 is 20.1 Å². The molecular formula is C20H18ClN3O5. The average Bonchev–Trinajstić information content (AvgIpc) is 2.93. The molecule has 9 heteroatoms. The zero-order valence-electron chi connectivity index (χ0n) is 15.5. The van der Waals surface area contributed by atoms with Crippen molar-refractivity contribution in [3.05, 3.63) is 53.1 Å². The molecule has 0 bridgehead atoms. The topological polar surface area (TPSA) is 97.0 Å². The number of halogens is 1. The highest BCUT2D eigenvalue weighted by Gasteiger charge is 2.49. The minimum absolute atomic E-state index is 0.360. The lowest BCUT2D eigenvalue weighted by Gasteiger charge is -2.25. The Labute approximate surface area is 171 Å². The van der Waals surface area contributed by atoms with Gasteiger partial charge in [0.25, 0.3) is 5.91 Å². The molecule has 2 aromatic carbocycles. The van der Waals surface area contributed by atoms with Gasteiger partial charge >= 0.3 is 6.03 Å². The Bertz CT molecular complexity index is 1010. The molecule has 2 aromatic rings. The second-order valence-electron chi connectivity index (χ2n) is 6.83. The van der Waals surface area contributed by atoms with Gasteiger partial charge in [-0.05, 0) is 36.8 Å². The SMILES string of the molecule is CC1(c2ccc3c(c2)OCCO3)NC(=O)N(CC(=O)Nc2ccccc2Cl)C1=O. The van der Waals surface area contributed by atoms with E-state index in [0.29, 0.717) is 41.0 Å². The van der Waals surface area contributed by atoms with Crippen LogP contribution in [0.25, 0.3) is 0 Å². The molecule has 4 amide bonds. The van der Waals surface area contributed by atoms with E-state index in [4.69, 9.17) is 21.1 Å². The number of hydrogen-bond acceptors (Lipinski definition) is 5. The van der Waals surface area contributed by atoms with E-state index in [0.717, 1.165) is 4.90 Å². The summed E-state index contributed by atoms with van der Waals surface area (Å²) in [5.74, 6) is 0.0183. The molecule has 2 aliphatic rings. The number of imide groups is 1. The van der Waals surface area contributed by atoms with E-state index in [9.17, 15) is 14.4 Å². The van der Waals surface area contributed by atoms with E-state index in [1.807, 2.05) is 0 Å². The van der Waals surface area contributed by atoms with Crippen LogP contribution in [0.2, 0.25) is 5.02 Å². The number of nitrogens with one attached hydrogen (secondary N) is 2. The minimum Gasteiger partial charge on any atom is -0.486 e. The summed E-state index contributed by atoms with van der Waals surface area (Å²) < 4.78 is 11.1. The fraction of sp³-hybridized carbons (Fsp3) is 0.250. The molecule has 0 aliphatic carbocycles. The summed E-state index contributed by atoms with van der Waals surface area (Å²) in [5.41, 5.74) is -0.382. The third kappa shape index (κ3) is 3.47. The van der Waals surface area contributed by atoms with Gasteiger partial charge in [-0.1, -0.05) is 29.8 Å². The largest absolute Gasteiger partial charge is 0.486 e. The van der Waals surface area contributed by atoms with Crippen LogP contribution in [-0.2, 0) is 15.1 Å². The normalized spacial score (nSPS) is 20.4. The number of hydrogen-bond donors (Lipinski definition) is 2. The van der Waals surface area contributed by atoms with Crippen molar-refractivity contribution in [3.63, 3.8) is 0 Å². The maximum absolute atomic E-state index is 13.0. The van der Waals surface area contributed by atoms with Crippen molar-refractivity contribution < 1.29 is 23.9 Å². The molecule has 0 saturated carbocycles. The Morgan fingerprint density at radius 1 is 1.17 bits per heavy atom. The third-order valence-electron chi connectivity index (χ3n) is 4.84. The minimum atomic E-state index is -1.32. The van der Waals surface area contributed by atoms with Gasteiger partial charge in [0.15, 0.2) is 11.5 Å². The molecule has 1 unspecified atom stereocenters. The first-order chi connectivity index (χ1) is 13.9. The molecule has 2 N–H and O–H groups in total. The van der Waals surface area contributed by atoms with Crippen LogP contribution in [-0.4, -0.2) is 42.5 Å². The van der Waals surface area contributed by atoms with E-state index in [1.54, 1.807) is 49.4 Å². The second-order valence-corrected chi connectivity index (χ2v) is 7.24. The molecule has 1 fully saturated rings. The van der Waals surface area contributed by atoms with Crippen molar-refractivity contribution >= 4 is 35.1 Å². The van der Waals surface area contributed by atoms with Gasteiger partial charge in [0, 0.05) is 0 Å². The molecule has 0 spiro atoms. The Morgan fingerprint density at radius 3 is 2.66 bits per heavy atom. The molecule has 2 aliphatic heterocycles. The Balaban J connectivity index is 1.52. The van der Waals surface area contributed by atoms with E-state index >= 15 is 0 Å². The van der Waals surface area contributed by atoms with Crippen molar-refractivity contribution in [1.29, 1.82) is 0 Å². The zero-order chi connectivity index (χ0) is 20.6. The van der Waals surface area contributed by atoms with Crippen LogP contribution in [0.4, 0.5) is 10.5 Å². The van der Waals surface area contributed by atoms with Crippen LogP contribution in [0.1, 0.15) is 12.5 Å². The number of carbonyl (C=O) groups excluding carboxylic acids is 3.